The Bertz CT molecular complexity index is 267. The van der Waals surface area contributed by atoms with E-state index in [1.54, 1.807) is 13.8 Å². The minimum atomic E-state index is -0.941. The van der Waals surface area contributed by atoms with E-state index in [9.17, 15) is 14.7 Å². The first-order valence-electron chi connectivity index (χ1n) is 5.72. The van der Waals surface area contributed by atoms with Crippen LogP contribution >= 0.6 is 0 Å². The van der Waals surface area contributed by atoms with Gasteiger partial charge in [0.15, 0.2) is 0 Å². The molecule has 0 atom stereocenters. The zero-order valence-electron chi connectivity index (χ0n) is 9.86. The highest BCUT2D eigenvalue weighted by Gasteiger charge is 2.39. The Kier molecular flexibility index (Phi) is 4.29. The number of hydrogen-bond donors (Lipinski definition) is 1. The Labute approximate surface area is 95.3 Å². The molecule has 0 saturated carbocycles. The van der Waals surface area contributed by atoms with E-state index in [1.807, 2.05) is 0 Å². The summed E-state index contributed by atoms with van der Waals surface area (Å²) in [5.74, 6) is -1.12. The smallest absolute Gasteiger partial charge is 0.310 e. The fourth-order valence-corrected chi connectivity index (χ4v) is 1.90. The molecule has 1 heterocycles. The third-order valence-corrected chi connectivity index (χ3v) is 3.33. The van der Waals surface area contributed by atoms with Gasteiger partial charge in [0.2, 0.25) is 5.91 Å². The molecule has 1 aliphatic rings. The Morgan fingerprint density at radius 2 is 2.00 bits per heavy atom. The fraction of sp³-hybridized carbons (Fsp3) is 0.818. The van der Waals surface area contributed by atoms with Gasteiger partial charge in [0.25, 0.3) is 0 Å². The van der Waals surface area contributed by atoms with E-state index in [0.29, 0.717) is 26.0 Å². The van der Waals surface area contributed by atoms with E-state index >= 15 is 0 Å². The van der Waals surface area contributed by atoms with Crippen LogP contribution in [-0.4, -0.2) is 35.2 Å². The maximum atomic E-state index is 11.8. The molecule has 1 N–H and O–H groups in total. The van der Waals surface area contributed by atoms with Gasteiger partial charge in [-0.2, -0.15) is 0 Å². The van der Waals surface area contributed by atoms with Gasteiger partial charge in [-0.05, 0) is 19.3 Å². The van der Waals surface area contributed by atoms with Crippen LogP contribution in [0.1, 0.15) is 39.5 Å². The van der Waals surface area contributed by atoms with Crippen molar-refractivity contribution in [2.75, 3.05) is 13.2 Å². The molecule has 5 nitrogen and oxygen atoms in total. The standard InChI is InChI=1S/C11H19NO4/c1-3-11(4-2,10(14)15)8-9(13)12-6-5-7-16-12/h3-8H2,1-2H3,(H,14,15). The molecule has 92 valence electrons. The van der Waals surface area contributed by atoms with Gasteiger partial charge in [-0.25, -0.2) is 5.06 Å². The molecular formula is C11H19NO4. The maximum Gasteiger partial charge on any atom is 0.310 e. The lowest BCUT2D eigenvalue weighted by Gasteiger charge is -2.27. The second kappa shape index (κ2) is 5.30. The summed E-state index contributed by atoms with van der Waals surface area (Å²) in [7, 11) is 0. The number of carboxylic acid groups (broad SMARTS) is 1. The van der Waals surface area contributed by atoms with Gasteiger partial charge in [0, 0.05) is 6.42 Å². The number of carbonyl (C=O) groups excluding carboxylic acids is 1. The lowest BCUT2D eigenvalue weighted by atomic mass is 9.79. The van der Waals surface area contributed by atoms with Crippen molar-refractivity contribution in [2.45, 2.75) is 39.5 Å². The molecule has 1 amide bonds. The number of rotatable bonds is 5. The van der Waals surface area contributed by atoms with Crippen molar-refractivity contribution < 1.29 is 19.5 Å². The van der Waals surface area contributed by atoms with Gasteiger partial charge < -0.3 is 5.11 Å². The average Bonchev–Trinajstić information content (AvgIpc) is 2.78. The van der Waals surface area contributed by atoms with E-state index in [2.05, 4.69) is 0 Å². The third kappa shape index (κ3) is 2.52. The van der Waals surface area contributed by atoms with Gasteiger partial charge >= 0.3 is 5.97 Å². The number of hydroxylamine groups is 2. The summed E-state index contributed by atoms with van der Waals surface area (Å²) in [6.45, 7) is 4.72. The Morgan fingerprint density at radius 3 is 2.38 bits per heavy atom. The number of hydrogen-bond acceptors (Lipinski definition) is 3. The van der Waals surface area contributed by atoms with Gasteiger partial charge in [0.05, 0.1) is 18.6 Å². The van der Waals surface area contributed by atoms with E-state index in [1.165, 1.54) is 5.06 Å². The van der Waals surface area contributed by atoms with Crippen molar-refractivity contribution in [3.63, 3.8) is 0 Å². The molecule has 5 heteroatoms. The number of nitrogens with zero attached hydrogens (tertiary/aromatic N) is 1. The second-order valence-corrected chi connectivity index (χ2v) is 4.15. The minimum absolute atomic E-state index is 0.0231. The highest BCUT2D eigenvalue weighted by Crippen LogP contribution is 2.32. The first-order valence-corrected chi connectivity index (χ1v) is 5.72. The van der Waals surface area contributed by atoms with E-state index < -0.39 is 11.4 Å². The lowest BCUT2D eigenvalue weighted by molar-refractivity contribution is -0.175. The Morgan fingerprint density at radius 1 is 1.38 bits per heavy atom. The molecule has 1 aliphatic heterocycles. The second-order valence-electron chi connectivity index (χ2n) is 4.15. The van der Waals surface area contributed by atoms with Crippen LogP contribution in [0.3, 0.4) is 0 Å². The first-order chi connectivity index (χ1) is 7.55. The molecular weight excluding hydrogens is 210 g/mol. The predicted molar refractivity (Wildman–Crippen MR) is 57.5 cm³/mol. The van der Waals surface area contributed by atoms with Gasteiger partial charge in [-0.3, -0.25) is 14.4 Å². The third-order valence-electron chi connectivity index (χ3n) is 3.33. The van der Waals surface area contributed by atoms with Crippen LogP contribution in [0.2, 0.25) is 0 Å². The number of carboxylic acids is 1. The van der Waals surface area contributed by atoms with E-state index in [-0.39, 0.29) is 12.3 Å². The van der Waals surface area contributed by atoms with Crippen molar-refractivity contribution >= 4 is 11.9 Å². The highest BCUT2D eigenvalue weighted by atomic mass is 16.7. The molecule has 0 bridgehead atoms. The normalized spacial score (nSPS) is 16.5. The van der Waals surface area contributed by atoms with E-state index in [4.69, 9.17) is 4.84 Å². The molecule has 0 aromatic carbocycles. The predicted octanol–water partition coefficient (Wildman–Crippen LogP) is 1.43. The molecule has 0 aromatic heterocycles. The average molecular weight is 229 g/mol. The van der Waals surface area contributed by atoms with Crippen LogP contribution in [0.25, 0.3) is 0 Å². The zero-order chi connectivity index (χ0) is 12.2. The van der Waals surface area contributed by atoms with Crippen molar-refractivity contribution in [3.05, 3.63) is 0 Å². The summed E-state index contributed by atoms with van der Waals surface area (Å²) >= 11 is 0. The summed E-state index contributed by atoms with van der Waals surface area (Å²) in [5.41, 5.74) is -0.941. The SMILES string of the molecule is CCC(CC)(CC(=O)N1CCCO1)C(=O)O. The zero-order valence-corrected chi connectivity index (χ0v) is 9.86. The van der Waals surface area contributed by atoms with Gasteiger partial charge in [0.1, 0.15) is 0 Å². The van der Waals surface area contributed by atoms with Crippen LogP contribution in [0.5, 0.6) is 0 Å². The van der Waals surface area contributed by atoms with Crippen LogP contribution in [-0.2, 0) is 14.4 Å². The van der Waals surface area contributed by atoms with Gasteiger partial charge in [-0.15, -0.1) is 0 Å². The maximum absolute atomic E-state index is 11.8. The molecule has 1 rings (SSSR count). The van der Waals surface area contributed by atoms with E-state index in [0.717, 1.165) is 6.42 Å². The molecule has 0 unspecified atom stereocenters. The molecule has 0 spiro atoms. The monoisotopic (exact) mass is 229 g/mol. The van der Waals surface area contributed by atoms with Crippen LogP contribution in [0.4, 0.5) is 0 Å². The summed E-state index contributed by atoms with van der Waals surface area (Å²) in [6.07, 6.45) is 1.76. The van der Waals surface area contributed by atoms with Crippen molar-refractivity contribution in [1.29, 1.82) is 0 Å². The first kappa shape index (κ1) is 13.0. The topological polar surface area (TPSA) is 66.8 Å². The molecule has 1 fully saturated rings. The number of amides is 1. The van der Waals surface area contributed by atoms with Gasteiger partial charge in [-0.1, -0.05) is 13.8 Å². The quantitative estimate of drug-likeness (QED) is 0.774. The molecule has 0 aromatic rings. The fourth-order valence-electron chi connectivity index (χ4n) is 1.90. The van der Waals surface area contributed by atoms with Crippen LogP contribution in [0.15, 0.2) is 0 Å². The largest absolute Gasteiger partial charge is 0.481 e. The molecule has 0 radical (unpaired) electrons. The Hall–Kier alpha value is -1.10. The lowest BCUT2D eigenvalue weighted by Crippen LogP contribution is -2.37. The van der Waals surface area contributed by atoms with Crippen LogP contribution < -0.4 is 0 Å². The molecule has 1 saturated heterocycles. The Balaban J connectivity index is 2.67. The van der Waals surface area contributed by atoms with Crippen molar-refractivity contribution in [1.82, 2.24) is 5.06 Å². The summed E-state index contributed by atoms with van der Waals surface area (Å²) < 4.78 is 0. The summed E-state index contributed by atoms with van der Waals surface area (Å²) in [6, 6.07) is 0. The summed E-state index contributed by atoms with van der Waals surface area (Å²) in [5, 5.41) is 10.5. The highest BCUT2D eigenvalue weighted by molar-refractivity contribution is 5.84. The van der Waals surface area contributed by atoms with Crippen molar-refractivity contribution in [2.24, 2.45) is 5.41 Å². The van der Waals surface area contributed by atoms with Crippen molar-refractivity contribution in [3.8, 4) is 0 Å². The summed E-state index contributed by atoms with van der Waals surface area (Å²) in [4.78, 5) is 28.2. The molecule has 16 heavy (non-hydrogen) atoms. The van der Waals surface area contributed by atoms with Crippen LogP contribution in [0, 0.1) is 5.41 Å². The minimum Gasteiger partial charge on any atom is -0.481 e. The number of aliphatic carboxylic acids is 1. The molecule has 0 aliphatic carbocycles. The number of carbonyl (C=O) groups is 2.